The van der Waals surface area contributed by atoms with E-state index < -0.39 is 29.0 Å². The molecule has 16 heavy (non-hydrogen) atoms. The van der Waals surface area contributed by atoms with Gasteiger partial charge < -0.3 is 5.32 Å². The van der Waals surface area contributed by atoms with Crippen molar-refractivity contribution in [3.8, 4) is 0 Å². The topological polar surface area (TPSA) is 29.1 Å². The Balaban J connectivity index is 2.85. The van der Waals surface area contributed by atoms with Crippen LogP contribution in [0.25, 0.3) is 0 Å². The summed E-state index contributed by atoms with van der Waals surface area (Å²) in [6.45, 7) is 5.89. The van der Waals surface area contributed by atoms with Crippen LogP contribution < -0.4 is 5.32 Å². The van der Waals surface area contributed by atoms with Crippen LogP contribution in [-0.2, 0) is 4.79 Å². The van der Waals surface area contributed by atoms with Crippen molar-refractivity contribution in [2.45, 2.75) is 52.3 Å². The number of carbonyl (C=O) groups is 1. The third-order valence-electron chi connectivity index (χ3n) is 3.04. The summed E-state index contributed by atoms with van der Waals surface area (Å²) in [6.07, 6.45) is -3.34. The third-order valence-corrected chi connectivity index (χ3v) is 3.04. The predicted octanol–water partition coefficient (Wildman–Crippen LogP) is 2.88. The molecule has 2 nitrogen and oxygen atoms in total. The van der Waals surface area contributed by atoms with E-state index in [1.165, 1.54) is 0 Å². The molecule has 5 heteroatoms. The van der Waals surface area contributed by atoms with Gasteiger partial charge in [0.2, 0.25) is 5.91 Å². The molecule has 0 aromatic heterocycles. The Kier molecular flexibility index (Phi) is 3.03. The second kappa shape index (κ2) is 3.64. The molecule has 0 radical (unpaired) electrons. The molecule has 0 heterocycles. The Hall–Kier alpha value is -0.740. The lowest BCUT2D eigenvalue weighted by atomic mass is 9.90. The Morgan fingerprint density at radius 3 is 1.81 bits per heavy atom. The maximum absolute atomic E-state index is 12.9. The van der Waals surface area contributed by atoms with Crippen molar-refractivity contribution in [1.29, 1.82) is 0 Å². The van der Waals surface area contributed by atoms with Crippen molar-refractivity contribution in [3.05, 3.63) is 0 Å². The van der Waals surface area contributed by atoms with Crippen LogP contribution in [0.2, 0.25) is 0 Å². The zero-order valence-electron chi connectivity index (χ0n) is 10.0. The fourth-order valence-corrected chi connectivity index (χ4v) is 1.49. The maximum Gasteiger partial charge on any atom is 0.411 e. The summed E-state index contributed by atoms with van der Waals surface area (Å²) in [5.41, 5.74) is -2.88. The molecule has 0 aromatic carbocycles. The molecule has 1 unspecified atom stereocenters. The van der Waals surface area contributed by atoms with Gasteiger partial charge in [-0.1, -0.05) is 20.8 Å². The lowest BCUT2D eigenvalue weighted by Crippen LogP contribution is -2.60. The number of rotatable bonds is 2. The van der Waals surface area contributed by atoms with Crippen LogP contribution in [-0.4, -0.2) is 17.6 Å². The first kappa shape index (κ1) is 13.3. The molecule has 1 fully saturated rings. The lowest BCUT2D eigenvalue weighted by Gasteiger charge is -2.35. The van der Waals surface area contributed by atoms with E-state index in [-0.39, 0.29) is 0 Å². The van der Waals surface area contributed by atoms with E-state index in [2.05, 4.69) is 5.32 Å². The van der Waals surface area contributed by atoms with Gasteiger partial charge in [-0.05, 0) is 25.7 Å². The predicted molar refractivity (Wildman–Crippen MR) is 54.8 cm³/mol. The number of hydrogen-bond donors (Lipinski definition) is 1. The molecule has 1 saturated carbocycles. The van der Waals surface area contributed by atoms with Crippen LogP contribution in [0.1, 0.15) is 40.5 Å². The van der Waals surface area contributed by atoms with Gasteiger partial charge in [0, 0.05) is 5.41 Å². The molecule has 1 atom stereocenters. The number of alkyl halides is 3. The highest BCUT2D eigenvalue weighted by molar-refractivity contribution is 5.82. The third kappa shape index (κ3) is 2.50. The van der Waals surface area contributed by atoms with Gasteiger partial charge in [-0.3, -0.25) is 4.79 Å². The minimum Gasteiger partial charge on any atom is -0.342 e. The summed E-state index contributed by atoms with van der Waals surface area (Å²) in [7, 11) is 0. The van der Waals surface area contributed by atoms with E-state index in [1.807, 2.05) is 0 Å². The highest BCUT2D eigenvalue weighted by Gasteiger charge is 2.60. The van der Waals surface area contributed by atoms with Crippen molar-refractivity contribution >= 4 is 5.91 Å². The van der Waals surface area contributed by atoms with E-state index >= 15 is 0 Å². The van der Waals surface area contributed by atoms with Gasteiger partial charge in [0.15, 0.2) is 0 Å². The standard InChI is InChI=1S/C11H18F3NO/c1-9(2,3)8(16)15-10(4,7-5-6-7)11(12,13)14/h7H,5-6H2,1-4H3,(H,15,16). The quantitative estimate of drug-likeness (QED) is 0.786. The largest absolute Gasteiger partial charge is 0.411 e. The summed E-state index contributed by atoms with van der Waals surface area (Å²) in [6, 6.07) is 0. The van der Waals surface area contributed by atoms with E-state index in [0.717, 1.165) is 6.92 Å². The van der Waals surface area contributed by atoms with Gasteiger partial charge in [0.25, 0.3) is 0 Å². The van der Waals surface area contributed by atoms with Gasteiger partial charge in [-0.2, -0.15) is 13.2 Å². The first-order chi connectivity index (χ1) is 6.98. The van der Waals surface area contributed by atoms with Crippen LogP contribution in [0.4, 0.5) is 13.2 Å². The fourth-order valence-electron chi connectivity index (χ4n) is 1.49. The summed E-state index contributed by atoms with van der Waals surface area (Å²) >= 11 is 0. The molecule has 1 N–H and O–H groups in total. The molecule has 1 amide bonds. The highest BCUT2D eigenvalue weighted by Crippen LogP contribution is 2.48. The van der Waals surface area contributed by atoms with Crippen LogP contribution in [0, 0.1) is 11.3 Å². The monoisotopic (exact) mass is 237 g/mol. The van der Waals surface area contributed by atoms with Crippen LogP contribution >= 0.6 is 0 Å². The van der Waals surface area contributed by atoms with Crippen molar-refractivity contribution in [3.63, 3.8) is 0 Å². The number of amides is 1. The van der Waals surface area contributed by atoms with Gasteiger partial charge in [0.1, 0.15) is 5.54 Å². The molecule has 0 bridgehead atoms. The van der Waals surface area contributed by atoms with Crippen molar-refractivity contribution in [2.75, 3.05) is 0 Å². The van der Waals surface area contributed by atoms with E-state index in [4.69, 9.17) is 0 Å². The van der Waals surface area contributed by atoms with Crippen molar-refractivity contribution in [2.24, 2.45) is 11.3 Å². The van der Waals surface area contributed by atoms with Crippen LogP contribution in [0.15, 0.2) is 0 Å². The molecule has 0 aliphatic heterocycles. The number of hydrogen-bond acceptors (Lipinski definition) is 1. The fraction of sp³-hybridized carbons (Fsp3) is 0.909. The molecule has 1 aliphatic rings. The minimum atomic E-state index is -4.39. The van der Waals surface area contributed by atoms with Gasteiger partial charge in [0.05, 0.1) is 0 Å². The highest BCUT2D eigenvalue weighted by atomic mass is 19.4. The average molecular weight is 237 g/mol. The van der Waals surface area contributed by atoms with Gasteiger partial charge >= 0.3 is 6.18 Å². The van der Waals surface area contributed by atoms with E-state index in [1.54, 1.807) is 20.8 Å². The summed E-state index contributed by atoms with van der Waals surface area (Å²) in [5, 5.41) is 2.17. The molecule has 1 rings (SSSR count). The number of nitrogens with one attached hydrogen (secondary N) is 1. The molecule has 0 aromatic rings. The second-order valence-corrected chi connectivity index (χ2v) is 5.68. The maximum atomic E-state index is 12.9. The zero-order valence-corrected chi connectivity index (χ0v) is 10.0. The average Bonchev–Trinajstić information content (AvgIpc) is 2.81. The SMILES string of the molecule is CC(C)(C)C(=O)NC(C)(C1CC1)C(F)(F)F. The number of carbonyl (C=O) groups excluding carboxylic acids is 1. The number of halogens is 3. The second-order valence-electron chi connectivity index (χ2n) is 5.68. The molecule has 0 saturated heterocycles. The molecular formula is C11H18F3NO. The van der Waals surface area contributed by atoms with E-state index in [9.17, 15) is 18.0 Å². The lowest BCUT2D eigenvalue weighted by molar-refractivity contribution is -0.201. The molecular weight excluding hydrogens is 219 g/mol. The zero-order chi connectivity index (χ0) is 12.8. The smallest absolute Gasteiger partial charge is 0.342 e. The Morgan fingerprint density at radius 1 is 1.12 bits per heavy atom. The van der Waals surface area contributed by atoms with Crippen molar-refractivity contribution in [1.82, 2.24) is 5.32 Å². The summed E-state index contributed by atoms with van der Waals surface area (Å²) in [4.78, 5) is 11.6. The molecule has 1 aliphatic carbocycles. The Labute approximate surface area is 93.6 Å². The van der Waals surface area contributed by atoms with E-state index in [0.29, 0.717) is 12.8 Å². The Morgan fingerprint density at radius 2 is 1.56 bits per heavy atom. The van der Waals surface area contributed by atoms with Crippen molar-refractivity contribution < 1.29 is 18.0 Å². The summed E-state index contributed by atoms with van der Waals surface area (Å²) < 4.78 is 38.8. The molecule has 94 valence electrons. The van der Waals surface area contributed by atoms with Gasteiger partial charge in [-0.25, -0.2) is 0 Å². The first-order valence-corrected chi connectivity index (χ1v) is 5.38. The molecule has 0 spiro atoms. The summed E-state index contributed by atoms with van der Waals surface area (Å²) in [5.74, 6) is -1.03. The van der Waals surface area contributed by atoms with Crippen LogP contribution in [0.3, 0.4) is 0 Å². The normalized spacial score (nSPS) is 21.4. The van der Waals surface area contributed by atoms with Crippen LogP contribution in [0.5, 0.6) is 0 Å². The van der Waals surface area contributed by atoms with Gasteiger partial charge in [-0.15, -0.1) is 0 Å². The first-order valence-electron chi connectivity index (χ1n) is 5.38. The Bertz CT molecular complexity index is 289. The minimum absolute atomic E-state index is 0.473.